The summed E-state index contributed by atoms with van der Waals surface area (Å²) in [6, 6.07) is 0. The molecule has 0 unspecified atom stereocenters. The third kappa shape index (κ3) is 76.1. The van der Waals surface area contributed by atoms with Crippen LogP contribution in [0.25, 0.3) is 0 Å². The largest absolute Gasteiger partial charge is 4.00 e. The predicted molar refractivity (Wildman–Crippen MR) is 97.8 cm³/mol. The fourth-order valence-corrected chi connectivity index (χ4v) is 1.14. The molecule has 0 aromatic heterocycles. The Labute approximate surface area is 206 Å². The summed E-state index contributed by atoms with van der Waals surface area (Å²) in [5.41, 5.74) is 0. The third-order valence-corrected chi connectivity index (χ3v) is 1.63. The molecule has 0 saturated carbocycles. The van der Waals surface area contributed by atoms with Gasteiger partial charge in [-0.05, 0) is 52.0 Å². The van der Waals surface area contributed by atoms with Gasteiger partial charge in [0, 0.05) is 0 Å². The first kappa shape index (κ1) is 37.9. The van der Waals surface area contributed by atoms with Gasteiger partial charge in [0.1, 0.15) is 0 Å². The van der Waals surface area contributed by atoms with Gasteiger partial charge in [-0.1, -0.05) is 27.7 Å². The van der Waals surface area contributed by atoms with Gasteiger partial charge in [-0.3, -0.25) is 19.2 Å². The van der Waals surface area contributed by atoms with Gasteiger partial charge in [-0.2, -0.15) is 0 Å². The second kappa shape index (κ2) is 24.3. The summed E-state index contributed by atoms with van der Waals surface area (Å²) in [5, 5.41) is 39.9. The Hall–Kier alpha value is -1.78. The van der Waals surface area contributed by atoms with E-state index in [0.717, 1.165) is 24.3 Å². The molecule has 0 amide bonds. The molecule has 0 aliphatic carbocycles. The zero-order chi connectivity index (χ0) is 23.4. The molecule has 0 aliphatic heterocycles. The number of hydrogen-bond acceptors (Lipinski definition) is 8. The third-order valence-electron chi connectivity index (χ3n) is 1.63. The molecule has 0 heterocycles. The Balaban J connectivity index is -0.0000000873. The normalized spacial score (nSPS) is 11.0. The Morgan fingerprint density at radius 1 is 0.414 bits per heavy atom. The van der Waals surface area contributed by atoms with Gasteiger partial charge in [0.05, 0.1) is 0 Å². The second-order valence-electron chi connectivity index (χ2n) is 5.46. The first-order valence-corrected chi connectivity index (χ1v) is 7.94. The molecule has 0 atom stereocenters. The van der Waals surface area contributed by atoms with Crippen LogP contribution in [0.1, 0.15) is 55.4 Å². The van der Waals surface area contributed by atoms with Gasteiger partial charge in [0.25, 0.3) is 0 Å². The van der Waals surface area contributed by atoms with Crippen LogP contribution in [0.4, 0.5) is 0 Å². The molecule has 0 N–H and O–H groups in total. The van der Waals surface area contributed by atoms with Gasteiger partial charge in [-0.25, -0.2) is 0 Å². The molecule has 0 fully saturated rings. The number of carbonyl (C=O) groups excluding carboxylic acids is 4. The maximum atomic E-state index is 9.98. The molecule has 0 bridgehead atoms. The second-order valence-corrected chi connectivity index (χ2v) is 5.46. The van der Waals surface area contributed by atoms with E-state index in [4.69, 9.17) is 0 Å². The van der Waals surface area contributed by atoms with Crippen molar-refractivity contribution in [3.63, 3.8) is 0 Å². The van der Waals surface area contributed by atoms with Crippen molar-refractivity contribution in [2.45, 2.75) is 55.4 Å². The monoisotopic (exact) mass is 536 g/mol. The van der Waals surface area contributed by atoms with Crippen molar-refractivity contribution < 1.29 is 81.4 Å². The molecule has 0 aromatic carbocycles. The van der Waals surface area contributed by atoms with Gasteiger partial charge in [0.15, 0.2) is 23.1 Å². The molecular weight excluding hydrogens is 508 g/mol. The SMILES string of the molecule is CC(=O)/C=C(/C)[O-].CC(=O)/C=C(/C)[O-].CC(=O)/C=C(/C)[O-].CC(=O)/C=C(/C)[O-].[Ce+4]. The van der Waals surface area contributed by atoms with Crippen LogP contribution in [0.5, 0.6) is 0 Å². The summed E-state index contributed by atoms with van der Waals surface area (Å²) < 4.78 is 0. The zero-order valence-electron chi connectivity index (χ0n) is 18.1. The Bertz CT molecular complexity index is 513. The predicted octanol–water partition coefficient (Wildman–Crippen LogP) is -0.642. The van der Waals surface area contributed by atoms with Crippen molar-refractivity contribution in [2.75, 3.05) is 0 Å². The minimum Gasteiger partial charge on any atom is -0.876 e. The number of allylic oxidation sites excluding steroid dienone is 8. The molecule has 0 saturated heterocycles. The fraction of sp³-hybridized carbons (Fsp3) is 0.400. The standard InChI is InChI=1S/4C5H8O2.Ce/c4*1-4(6)3-5(2)7;/h4*3,6H,1-2H3;/q;;;;+4/p-4/b4*4-3-;. The van der Waals surface area contributed by atoms with Crippen LogP contribution in [-0.4, -0.2) is 23.1 Å². The number of ketones is 4. The Kier molecular flexibility index (Phi) is 31.7. The van der Waals surface area contributed by atoms with E-state index in [0.29, 0.717) is 0 Å². The molecule has 160 valence electrons. The summed E-state index contributed by atoms with van der Waals surface area (Å²) in [6.45, 7) is 10.8. The molecule has 0 radical (unpaired) electrons. The maximum absolute atomic E-state index is 9.98. The van der Waals surface area contributed by atoms with E-state index in [1.807, 2.05) is 0 Å². The van der Waals surface area contributed by atoms with E-state index >= 15 is 0 Å². The Morgan fingerprint density at radius 2 is 0.517 bits per heavy atom. The zero-order valence-corrected chi connectivity index (χ0v) is 21.2. The quantitative estimate of drug-likeness (QED) is 0.339. The van der Waals surface area contributed by atoms with E-state index in [-0.39, 0.29) is 87.9 Å². The van der Waals surface area contributed by atoms with Crippen molar-refractivity contribution in [1.82, 2.24) is 0 Å². The van der Waals surface area contributed by atoms with Gasteiger partial charge in [0.2, 0.25) is 0 Å². The Morgan fingerprint density at radius 3 is 0.517 bits per heavy atom. The van der Waals surface area contributed by atoms with Crippen molar-refractivity contribution in [3.8, 4) is 0 Å². The average molecular weight is 537 g/mol. The van der Waals surface area contributed by atoms with E-state index in [9.17, 15) is 39.6 Å². The van der Waals surface area contributed by atoms with Crippen LogP contribution in [-0.2, 0) is 19.2 Å². The smallest absolute Gasteiger partial charge is 0.876 e. The molecular formula is C20H28CeO8. The van der Waals surface area contributed by atoms with E-state index in [1.165, 1.54) is 55.4 Å². The molecule has 29 heavy (non-hydrogen) atoms. The van der Waals surface area contributed by atoms with Crippen LogP contribution >= 0.6 is 0 Å². The van der Waals surface area contributed by atoms with Gasteiger partial charge < -0.3 is 20.4 Å². The van der Waals surface area contributed by atoms with Crippen LogP contribution in [0.2, 0.25) is 0 Å². The van der Waals surface area contributed by atoms with Crippen LogP contribution in [0.15, 0.2) is 47.3 Å². The van der Waals surface area contributed by atoms with E-state index < -0.39 is 0 Å². The van der Waals surface area contributed by atoms with Gasteiger partial charge >= 0.3 is 41.7 Å². The minimum absolute atomic E-state index is 0. The van der Waals surface area contributed by atoms with Crippen LogP contribution in [0.3, 0.4) is 0 Å². The molecule has 0 aromatic rings. The molecule has 0 rings (SSSR count). The molecule has 9 heteroatoms. The van der Waals surface area contributed by atoms with Crippen molar-refractivity contribution in [1.29, 1.82) is 0 Å². The van der Waals surface area contributed by atoms with E-state index in [2.05, 4.69) is 0 Å². The number of carbonyl (C=O) groups is 4. The molecule has 0 aliphatic rings. The molecule has 0 spiro atoms. The van der Waals surface area contributed by atoms with Gasteiger partial charge in [-0.15, -0.1) is 23.0 Å². The van der Waals surface area contributed by atoms with Crippen LogP contribution in [0, 0.1) is 41.7 Å². The topological polar surface area (TPSA) is 161 Å². The fourth-order valence-electron chi connectivity index (χ4n) is 1.14. The molecule has 8 nitrogen and oxygen atoms in total. The summed E-state index contributed by atoms with van der Waals surface area (Å²) in [7, 11) is 0. The summed E-state index contributed by atoms with van der Waals surface area (Å²) in [6.07, 6.45) is 4.22. The summed E-state index contributed by atoms with van der Waals surface area (Å²) in [5.74, 6) is -1.50. The van der Waals surface area contributed by atoms with Crippen LogP contribution < -0.4 is 20.4 Å². The summed E-state index contributed by atoms with van der Waals surface area (Å²) in [4.78, 5) is 39.9. The first-order valence-electron chi connectivity index (χ1n) is 7.94. The van der Waals surface area contributed by atoms with Crippen molar-refractivity contribution >= 4 is 23.1 Å². The minimum atomic E-state index is -0.187. The first-order chi connectivity index (χ1) is 12.5. The van der Waals surface area contributed by atoms with E-state index in [1.54, 1.807) is 0 Å². The average Bonchev–Trinajstić information content (AvgIpc) is 2.32. The number of hydrogen-bond donors (Lipinski definition) is 0. The summed E-state index contributed by atoms with van der Waals surface area (Å²) >= 11 is 0. The van der Waals surface area contributed by atoms with Crippen molar-refractivity contribution in [2.24, 2.45) is 0 Å². The number of rotatable bonds is 4. The maximum Gasteiger partial charge on any atom is 4.00 e. The van der Waals surface area contributed by atoms with Crippen molar-refractivity contribution in [3.05, 3.63) is 47.3 Å².